The molecule has 0 saturated carbocycles. The standard InChI is InChI=1S/C52H66N8O9/c1-10-59-41-16-15-32-23-37(41)38(47(59)36-13-11-17-53-43(36)30(4)67-9)24-52(5,6)28-69-51(66)39-14-12-18-60(56-39)49(64)40(21-31-19-33(32)22-35(61)20-31)54-48(63)46(29(2)3)58(8)42(62)25-57(7)50(65)45-44(55-45)34-26-68-27-34/h11,13,15-17,19-20,22-23,30,34,39-40,44-46,55-56,61H,2,10,12,14,18,21,24-28H2,1,3-9H3,(H,54,63)/t30-,39-,40-,44-,45+,46-/m0/s1. The Morgan fingerprint density at radius 2 is 1.87 bits per heavy atom. The molecule has 17 heteroatoms. The van der Waals surface area contributed by atoms with Gasteiger partial charge in [-0.25, -0.2) is 5.43 Å². The van der Waals surface area contributed by atoms with E-state index in [0.717, 1.165) is 39.0 Å². The topological polar surface area (TPSA) is 207 Å². The van der Waals surface area contributed by atoms with Crippen LogP contribution in [-0.4, -0.2) is 143 Å². The smallest absolute Gasteiger partial charge is 0.324 e. The van der Waals surface area contributed by atoms with Crippen molar-refractivity contribution in [1.82, 2.24) is 40.4 Å². The number of rotatable bonds is 12. The molecule has 4 aromatic rings. The molecule has 6 heterocycles. The van der Waals surface area contributed by atoms with E-state index >= 15 is 0 Å². The van der Waals surface area contributed by atoms with Crippen LogP contribution in [0.3, 0.4) is 0 Å². The van der Waals surface area contributed by atoms with Gasteiger partial charge in [-0.15, -0.1) is 0 Å². The summed E-state index contributed by atoms with van der Waals surface area (Å²) in [6.45, 7) is 15.8. The van der Waals surface area contributed by atoms with Crippen LogP contribution in [0.4, 0.5) is 0 Å². The summed E-state index contributed by atoms with van der Waals surface area (Å²) in [7, 11) is 4.68. The van der Waals surface area contributed by atoms with Crippen molar-refractivity contribution >= 4 is 40.5 Å². The highest BCUT2D eigenvalue weighted by Gasteiger charge is 2.50. The van der Waals surface area contributed by atoms with E-state index in [1.807, 2.05) is 25.1 Å². The molecule has 2 aromatic heterocycles. The number of benzene rings is 2. The van der Waals surface area contributed by atoms with Gasteiger partial charge in [0.2, 0.25) is 17.7 Å². The number of carbonyl (C=O) groups excluding carboxylic acids is 5. The number of carbonyl (C=O) groups is 5. The Kier molecular flexibility index (Phi) is 14.3. The van der Waals surface area contributed by atoms with Crippen molar-refractivity contribution in [2.24, 2.45) is 11.3 Å². The summed E-state index contributed by atoms with van der Waals surface area (Å²) < 4.78 is 19.5. The number of likely N-dealkylation sites (N-methyl/N-ethyl adjacent to an activating group) is 2. The number of fused-ring (bicyclic) bond motifs is 6. The van der Waals surface area contributed by atoms with E-state index in [1.54, 1.807) is 39.4 Å². The number of esters is 1. The normalized spacial score (nSPS) is 22.4. The van der Waals surface area contributed by atoms with Crippen molar-refractivity contribution in [2.75, 3.05) is 54.1 Å². The second-order valence-corrected chi connectivity index (χ2v) is 19.9. The van der Waals surface area contributed by atoms with E-state index < -0.39 is 53.3 Å². The molecule has 4 N–H and O–H groups in total. The number of nitrogens with one attached hydrogen (secondary N) is 3. The first-order valence-electron chi connectivity index (χ1n) is 23.9. The zero-order chi connectivity index (χ0) is 49.5. The maximum Gasteiger partial charge on any atom is 0.324 e. The Hall–Kier alpha value is -6.14. The van der Waals surface area contributed by atoms with E-state index in [0.29, 0.717) is 55.7 Å². The van der Waals surface area contributed by atoms with Gasteiger partial charge in [-0.1, -0.05) is 32.6 Å². The van der Waals surface area contributed by atoms with E-state index in [9.17, 15) is 29.1 Å². The number of methoxy groups -OCH3 is 1. The van der Waals surface area contributed by atoms with Crippen molar-refractivity contribution in [3.63, 3.8) is 0 Å². The minimum absolute atomic E-state index is 0.0106. The van der Waals surface area contributed by atoms with Crippen molar-refractivity contribution in [3.8, 4) is 28.1 Å². The maximum absolute atomic E-state index is 14.7. The number of aromatic hydroxyl groups is 1. The average molecular weight is 947 g/mol. The second-order valence-electron chi connectivity index (χ2n) is 19.9. The lowest BCUT2D eigenvalue weighted by molar-refractivity contribution is -0.155. The maximum atomic E-state index is 14.7. The van der Waals surface area contributed by atoms with Crippen LogP contribution >= 0.6 is 0 Å². The Morgan fingerprint density at radius 3 is 2.57 bits per heavy atom. The first-order chi connectivity index (χ1) is 32.9. The van der Waals surface area contributed by atoms with Crippen LogP contribution < -0.4 is 16.1 Å². The van der Waals surface area contributed by atoms with Gasteiger partial charge in [-0.3, -0.25) is 39.3 Å². The molecule has 0 aliphatic carbocycles. The van der Waals surface area contributed by atoms with Gasteiger partial charge in [-0.05, 0) is 104 Å². The van der Waals surface area contributed by atoms with Gasteiger partial charge in [0.1, 0.15) is 29.9 Å². The molecule has 0 unspecified atom stereocenters. The molecule has 2 aromatic carbocycles. The molecule has 17 nitrogen and oxygen atoms in total. The number of aryl methyl sites for hydroxylation is 1. The third kappa shape index (κ3) is 10.3. The third-order valence-corrected chi connectivity index (χ3v) is 14.0. The highest BCUT2D eigenvalue weighted by Crippen LogP contribution is 2.42. The lowest BCUT2D eigenvalue weighted by atomic mass is 9.84. The number of hydrogen-bond acceptors (Lipinski definition) is 12. The molecule has 0 spiro atoms. The number of phenols is 1. The van der Waals surface area contributed by atoms with Crippen molar-refractivity contribution in [2.45, 2.75) is 103 Å². The van der Waals surface area contributed by atoms with Crippen molar-refractivity contribution in [1.29, 1.82) is 0 Å². The number of aromatic nitrogens is 2. The molecule has 3 saturated heterocycles. The Balaban J connectivity index is 1.15. The molecule has 3 fully saturated rings. The van der Waals surface area contributed by atoms with Gasteiger partial charge < -0.3 is 39.0 Å². The van der Waals surface area contributed by atoms with Crippen molar-refractivity contribution < 1.29 is 43.3 Å². The van der Waals surface area contributed by atoms with Gasteiger partial charge >= 0.3 is 5.97 Å². The molecule has 4 amide bonds. The average Bonchev–Trinajstić information content (AvgIpc) is 4.02. The molecule has 0 radical (unpaired) electrons. The largest absolute Gasteiger partial charge is 0.508 e. The minimum atomic E-state index is -1.23. The first kappa shape index (κ1) is 49.3. The SMILES string of the molecule is C=C(C)[C@@H](C(=O)N[C@H]1Cc2cc(O)cc(c2)-c2ccc3c(c2)c(c(-c2cccnc2[C@H](C)OC)n3CC)CC(C)(C)COC(=O)[C@@H]2CCCN(N2)C1=O)N(C)C(=O)CN(C)C(=O)[C@@H]1N[C@H]1C1COC1. The quantitative estimate of drug-likeness (QED) is 0.0892. The fourth-order valence-electron chi connectivity index (χ4n) is 10.1. The summed E-state index contributed by atoms with van der Waals surface area (Å²) in [6.07, 6.45) is 2.85. The van der Waals surface area contributed by atoms with Crippen LogP contribution in [0, 0.1) is 11.3 Å². The van der Waals surface area contributed by atoms with Crippen LogP contribution in [0.25, 0.3) is 33.3 Å². The first-order valence-corrected chi connectivity index (χ1v) is 23.9. The third-order valence-electron chi connectivity index (χ3n) is 14.0. The van der Waals surface area contributed by atoms with Gasteiger partial charge in [0.25, 0.3) is 5.91 Å². The van der Waals surface area contributed by atoms with Crippen LogP contribution in [0.2, 0.25) is 0 Å². The fourth-order valence-corrected chi connectivity index (χ4v) is 10.1. The highest BCUT2D eigenvalue weighted by atomic mass is 16.5. The van der Waals surface area contributed by atoms with Crippen LogP contribution in [0.5, 0.6) is 5.75 Å². The number of phenolic OH excluding ortho intramolecular Hbond substituents is 1. The summed E-state index contributed by atoms with van der Waals surface area (Å²) >= 11 is 0. The molecular formula is C52H66N8O9. The summed E-state index contributed by atoms with van der Waals surface area (Å²) in [5.74, 6) is -2.18. The predicted octanol–water partition coefficient (Wildman–Crippen LogP) is 4.30. The molecule has 368 valence electrons. The fraction of sp³-hybridized carbons (Fsp3) is 0.500. The van der Waals surface area contributed by atoms with E-state index in [-0.39, 0.29) is 55.8 Å². The van der Waals surface area contributed by atoms with E-state index in [1.165, 1.54) is 21.9 Å². The number of hydrogen-bond donors (Lipinski definition) is 4. The Bertz CT molecular complexity index is 2660. The summed E-state index contributed by atoms with van der Waals surface area (Å²) in [4.78, 5) is 77.5. The summed E-state index contributed by atoms with van der Waals surface area (Å²) in [5.41, 5.74) is 9.71. The molecule has 6 bridgehead atoms. The van der Waals surface area contributed by atoms with Crippen LogP contribution in [-0.2, 0) is 57.6 Å². The molecule has 8 rings (SSSR count). The van der Waals surface area contributed by atoms with Gasteiger partial charge in [0, 0.05) is 80.8 Å². The van der Waals surface area contributed by atoms with E-state index in [2.05, 4.69) is 66.2 Å². The highest BCUT2D eigenvalue weighted by molar-refractivity contribution is 5.97. The molecule has 4 aliphatic rings. The number of cyclic esters (lactones) is 1. The molecule has 4 aliphatic heterocycles. The lowest BCUT2D eigenvalue weighted by Gasteiger charge is -2.36. The predicted molar refractivity (Wildman–Crippen MR) is 259 cm³/mol. The number of amides is 4. The van der Waals surface area contributed by atoms with Crippen LogP contribution in [0.1, 0.15) is 70.4 Å². The molecular weight excluding hydrogens is 881 g/mol. The Labute approximate surface area is 403 Å². The summed E-state index contributed by atoms with van der Waals surface area (Å²) in [6, 6.07) is 11.7. The summed E-state index contributed by atoms with van der Waals surface area (Å²) in [5, 5.41) is 19.8. The van der Waals surface area contributed by atoms with E-state index in [4.69, 9.17) is 19.2 Å². The number of ether oxygens (including phenoxy) is 3. The Morgan fingerprint density at radius 1 is 1.10 bits per heavy atom. The monoisotopic (exact) mass is 946 g/mol. The van der Waals surface area contributed by atoms with Crippen molar-refractivity contribution in [3.05, 3.63) is 83.7 Å². The number of hydrazine groups is 1. The van der Waals surface area contributed by atoms with Crippen LogP contribution in [0.15, 0.2) is 66.9 Å². The molecule has 6 atom stereocenters. The number of pyridine rings is 1. The zero-order valence-corrected chi connectivity index (χ0v) is 41.0. The lowest BCUT2D eigenvalue weighted by Crippen LogP contribution is -2.62. The minimum Gasteiger partial charge on any atom is -0.508 e. The van der Waals surface area contributed by atoms with Gasteiger partial charge in [0.05, 0.1) is 43.9 Å². The molecule has 69 heavy (non-hydrogen) atoms. The number of nitrogens with zero attached hydrogens (tertiary/aromatic N) is 5. The van der Waals surface area contributed by atoms with Gasteiger partial charge in [-0.2, -0.15) is 0 Å². The second kappa shape index (κ2) is 20.1. The van der Waals surface area contributed by atoms with Gasteiger partial charge in [0.15, 0.2) is 0 Å². The zero-order valence-electron chi connectivity index (χ0n) is 41.0.